The van der Waals surface area contributed by atoms with Crippen LogP contribution in [-0.2, 0) is 12.8 Å². The van der Waals surface area contributed by atoms with Crippen LogP contribution in [0.5, 0.6) is 0 Å². The molecule has 0 bridgehead atoms. The Hall–Kier alpha value is -0.810. The first-order chi connectivity index (χ1) is 10.1. The number of halogens is 3. The molecule has 0 amide bonds. The van der Waals surface area contributed by atoms with Gasteiger partial charge in [-0.15, -0.1) is 11.3 Å². The largest absolute Gasteiger partial charge is 0.253 e. The van der Waals surface area contributed by atoms with Crippen molar-refractivity contribution in [1.82, 2.24) is 4.98 Å². The van der Waals surface area contributed by atoms with Gasteiger partial charge in [0.25, 0.3) is 0 Å². The Morgan fingerprint density at radius 3 is 2.71 bits per heavy atom. The third kappa shape index (κ3) is 3.34. The van der Waals surface area contributed by atoms with Crippen LogP contribution in [0.15, 0.2) is 17.2 Å². The van der Waals surface area contributed by atoms with Crippen LogP contribution in [0.3, 0.4) is 0 Å². The fourth-order valence-electron chi connectivity index (χ4n) is 2.21. The van der Waals surface area contributed by atoms with E-state index in [1.807, 2.05) is 0 Å². The summed E-state index contributed by atoms with van der Waals surface area (Å²) in [6.45, 7) is 0. The summed E-state index contributed by atoms with van der Waals surface area (Å²) in [6, 6.07) is 3.35. The summed E-state index contributed by atoms with van der Waals surface area (Å²) in [5.41, 5.74) is 4.73. The summed E-state index contributed by atoms with van der Waals surface area (Å²) in [6.07, 6.45) is 6.20. The van der Waals surface area contributed by atoms with Crippen molar-refractivity contribution in [1.29, 1.82) is 0 Å². The highest BCUT2D eigenvalue weighted by Gasteiger charge is 2.14. The number of benzene rings is 1. The standard InChI is InChI=1S/C14H12Cl3N3S/c15-9-5-6-10(16)13(17)8(9)7-18-20-14-19-11-3-1-2-4-12(11)21-14/h5-7H,1-4H2,(H,19,20)/b18-7+. The van der Waals surface area contributed by atoms with E-state index in [4.69, 9.17) is 34.8 Å². The number of rotatable bonds is 3. The lowest BCUT2D eigenvalue weighted by molar-refractivity contribution is 0.682. The number of aromatic nitrogens is 1. The van der Waals surface area contributed by atoms with E-state index in [0.717, 1.165) is 18.0 Å². The van der Waals surface area contributed by atoms with Crippen molar-refractivity contribution >= 4 is 57.5 Å². The second-order valence-electron chi connectivity index (χ2n) is 4.72. The van der Waals surface area contributed by atoms with Crippen molar-refractivity contribution in [2.24, 2.45) is 5.10 Å². The summed E-state index contributed by atoms with van der Waals surface area (Å²) in [4.78, 5) is 5.91. The number of nitrogens with zero attached hydrogens (tertiary/aromatic N) is 2. The molecule has 1 aliphatic rings. The van der Waals surface area contributed by atoms with Gasteiger partial charge in [0, 0.05) is 10.4 Å². The van der Waals surface area contributed by atoms with Gasteiger partial charge in [0.15, 0.2) is 0 Å². The normalized spacial score (nSPS) is 14.4. The molecule has 0 aliphatic heterocycles. The van der Waals surface area contributed by atoms with Gasteiger partial charge in [-0.05, 0) is 37.8 Å². The van der Waals surface area contributed by atoms with Crippen molar-refractivity contribution in [3.05, 3.63) is 43.3 Å². The highest BCUT2D eigenvalue weighted by Crippen LogP contribution is 2.31. The van der Waals surface area contributed by atoms with Gasteiger partial charge in [0.05, 0.1) is 27.0 Å². The van der Waals surface area contributed by atoms with E-state index >= 15 is 0 Å². The molecule has 1 aromatic heterocycles. The summed E-state index contributed by atoms with van der Waals surface area (Å²) in [5.74, 6) is 0. The molecule has 0 radical (unpaired) electrons. The van der Waals surface area contributed by atoms with Gasteiger partial charge in [-0.2, -0.15) is 5.10 Å². The van der Waals surface area contributed by atoms with Gasteiger partial charge in [-0.25, -0.2) is 4.98 Å². The summed E-state index contributed by atoms with van der Waals surface area (Å²) in [7, 11) is 0. The maximum Gasteiger partial charge on any atom is 0.203 e. The Kier molecular flexibility index (Phi) is 4.69. The number of aryl methyl sites for hydroxylation is 2. The minimum atomic E-state index is 0.396. The molecule has 3 rings (SSSR count). The quantitative estimate of drug-likeness (QED) is 0.450. The van der Waals surface area contributed by atoms with Gasteiger partial charge in [-0.1, -0.05) is 34.8 Å². The molecule has 0 saturated heterocycles. The Bertz CT molecular complexity index is 674. The molecule has 1 heterocycles. The fraction of sp³-hybridized carbons (Fsp3) is 0.286. The lowest BCUT2D eigenvalue weighted by Crippen LogP contribution is -1.99. The van der Waals surface area contributed by atoms with Gasteiger partial charge in [0.2, 0.25) is 5.13 Å². The molecule has 1 aromatic carbocycles. The molecule has 0 fully saturated rings. The van der Waals surface area contributed by atoms with E-state index in [2.05, 4.69) is 15.5 Å². The molecule has 0 unspecified atom stereocenters. The van der Waals surface area contributed by atoms with Crippen LogP contribution in [0, 0.1) is 0 Å². The van der Waals surface area contributed by atoms with Gasteiger partial charge in [-0.3, -0.25) is 5.43 Å². The second kappa shape index (κ2) is 6.53. The minimum absolute atomic E-state index is 0.396. The van der Waals surface area contributed by atoms with Crippen LogP contribution in [0.4, 0.5) is 5.13 Å². The summed E-state index contributed by atoms with van der Waals surface area (Å²) >= 11 is 19.8. The van der Waals surface area contributed by atoms with Crippen LogP contribution in [0.1, 0.15) is 29.0 Å². The SMILES string of the molecule is Clc1ccc(Cl)c(/C=N/Nc2nc3c(s2)CCCC3)c1Cl. The van der Waals surface area contributed by atoms with Crippen LogP contribution in [-0.4, -0.2) is 11.2 Å². The van der Waals surface area contributed by atoms with Crippen molar-refractivity contribution in [3.8, 4) is 0 Å². The monoisotopic (exact) mass is 359 g/mol. The minimum Gasteiger partial charge on any atom is -0.253 e. The van der Waals surface area contributed by atoms with Gasteiger partial charge in [0.1, 0.15) is 0 Å². The third-order valence-electron chi connectivity index (χ3n) is 3.28. The van der Waals surface area contributed by atoms with Gasteiger partial charge < -0.3 is 0 Å². The number of anilines is 1. The Morgan fingerprint density at radius 2 is 1.90 bits per heavy atom. The van der Waals surface area contributed by atoms with Crippen LogP contribution in [0.2, 0.25) is 15.1 Å². The molecular formula is C14H12Cl3N3S. The van der Waals surface area contributed by atoms with Crippen molar-refractivity contribution < 1.29 is 0 Å². The summed E-state index contributed by atoms with van der Waals surface area (Å²) in [5, 5.41) is 6.32. The average molecular weight is 361 g/mol. The highest BCUT2D eigenvalue weighted by atomic mass is 35.5. The molecule has 1 N–H and O–H groups in total. The van der Waals surface area contributed by atoms with Crippen LogP contribution < -0.4 is 5.43 Å². The van der Waals surface area contributed by atoms with Crippen LogP contribution >= 0.6 is 46.1 Å². The Balaban J connectivity index is 1.75. The highest BCUT2D eigenvalue weighted by molar-refractivity contribution is 7.15. The molecule has 0 spiro atoms. The fourth-order valence-corrected chi connectivity index (χ4v) is 3.85. The zero-order valence-electron chi connectivity index (χ0n) is 11.0. The smallest absolute Gasteiger partial charge is 0.203 e. The molecule has 1 aliphatic carbocycles. The van der Waals surface area contributed by atoms with Crippen molar-refractivity contribution in [2.75, 3.05) is 5.43 Å². The molecular weight excluding hydrogens is 349 g/mol. The van der Waals surface area contributed by atoms with E-state index in [9.17, 15) is 0 Å². The zero-order chi connectivity index (χ0) is 14.8. The molecule has 0 atom stereocenters. The maximum absolute atomic E-state index is 6.11. The van der Waals surface area contributed by atoms with E-state index < -0.39 is 0 Å². The predicted molar refractivity (Wildman–Crippen MR) is 91.4 cm³/mol. The predicted octanol–water partition coefficient (Wildman–Crippen LogP) is 5.43. The van der Waals surface area contributed by atoms with Crippen LogP contribution in [0.25, 0.3) is 0 Å². The first kappa shape index (κ1) is 15.1. The summed E-state index contributed by atoms with van der Waals surface area (Å²) < 4.78 is 0. The van der Waals surface area contributed by atoms with E-state index in [1.165, 1.54) is 23.4 Å². The molecule has 7 heteroatoms. The Labute approximate surface area is 141 Å². The third-order valence-corrected chi connectivity index (χ3v) is 5.49. The first-order valence-corrected chi connectivity index (χ1v) is 8.51. The number of hydrogen-bond acceptors (Lipinski definition) is 4. The number of nitrogens with one attached hydrogen (secondary N) is 1. The number of hydrogen-bond donors (Lipinski definition) is 1. The lowest BCUT2D eigenvalue weighted by atomic mass is 10.0. The van der Waals surface area contributed by atoms with Gasteiger partial charge >= 0.3 is 0 Å². The number of fused-ring (bicyclic) bond motifs is 1. The first-order valence-electron chi connectivity index (χ1n) is 6.56. The zero-order valence-corrected chi connectivity index (χ0v) is 14.1. The molecule has 110 valence electrons. The number of hydrazone groups is 1. The van der Waals surface area contributed by atoms with E-state index in [0.29, 0.717) is 20.6 Å². The molecule has 2 aromatic rings. The number of thiazole rings is 1. The van der Waals surface area contributed by atoms with E-state index in [-0.39, 0.29) is 0 Å². The molecule has 0 saturated carbocycles. The van der Waals surface area contributed by atoms with Crippen molar-refractivity contribution in [2.45, 2.75) is 25.7 Å². The molecule has 21 heavy (non-hydrogen) atoms. The van der Waals surface area contributed by atoms with E-state index in [1.54, 1.807) is 29.7 Å². The second-order valence-corrected chi connectivity index (χ2v) is 7.00. The molecule has 3 nitrogen and oxygen atoms in total. The van der Waals surface area contributed by atoms with Crippen molar-refractivity contribution in [3.63, 3.8) is 0 Å². The average Bonchev–Trinajstić information content (AvgIpc) is 2.89. The maximum atomic E-state index is 6.11. The Morgan fingerprint density at radius 1 is 1.14 bits per heavy atom. The lowest BCUT2D eigenvalue weighted by Gasteiger charge is -2.06. The topological polar surface area (TPSA) is 37.3 Å².